The second-order valence-corrected chi connectivity index (χ2v) is 8.73. The molecule has 5 aromatic carbocycles. The first-order valence-corrected chi connectivity index (χ1v) is 12.0. The van der Waals surface area contributed by atoms with E-state index in [4.69, 9.17) is 9.47 Å². The van der Waals surface area contributed by atoms with Gasteiger partial charge in [-0.05, 0) is 76.9 Å². The summed E-state index contributed by atoms with van der Waals surface area (Å²) < 4.78 is 12.0. The van der Waals surface area contributed by atoms with Gasteiger partial charge >= 0.3 is 0 Å². The Bertz CT molecular complexity index is 1480. The number of nitrogens with one attached hydrogen (secondary N) is 1. The second kappa shape index (κ2) is 10.8. The quantitative estimate of drug-likeness (QED) is 0.251. The fourth-order valence-corrected chi connectivity index (χ4v) is 4.00. The molecule has 0 aliphatic rings. The molecule has 5 rings (SSSR count). The number of ether oxygens (including phenoxy) is 2. The van der Waals surface area contributed by atoms with Crippen molar-refractivity contribution in [3.63, 3.8) is 0 Å². The van der Waals surface area contributed by atoms with Crippen molar-refractivity contribution < 1.29 is 14.3 Å². The van der Waals surface area contributed by atoms with Crippen LogP contribution in [-0.4, -0.2) is 5.91 Å². The predicted octanol–water partition coefficient (Wildman–Crippen LogP) is 7.70. The molecule has 0 unspecified atom stereocenters. The largest absolute Gasteiger partial charge is 0.489 e. The van der Waals surface area contributed by atoms with E-state index < -0.39 is 0 Å². The summed E-state index contributed by atoms with van der Waals surface area (Å²) in [4.78, 5) is 12.4. The Labute approximate surface area is 211 Å². The van der Waals surface area contributed by atoms with Gasteiger partial charge in [0.1, 0.15) is 23.9 Å². The second-order valence-electron chi connectivity index (χ2n) is 8.73. The summed E-state index contributed by atoms with van der Waals surface area (Å²) in [5.74, 6) is 2.27. The minimum Gasteiger partial charge on any atom is -0.489 e. The van der Waals surface area contributed by atoms with Gasteiger partial charge in [0, 0.05) is 5.69 Å². The Morgan fingerprint density at radius 3 is 2.06 bits per heavy atom. The molecule has 0 heterocycles. The average molecular weight is 474 g/mol. The third-order valence-electron chi connectivity index (χ3n) is 5.97. The highest BCUT2D eigenvalue weighted by Crippen LogP contribution is 2.28. The molecule has 0 spiro atoms. The van der Waals surface area contributed by atoms with Crippen LogP contribution in [-0.2, 0) is 17.8 Å². The van der Waals surface area contributed by atoms with Crippen molar-refractivity contribution in [2.75, 3.05) is 5.32 Å². The van der Waals surface area contributed by atoms with E-state index >= 15 is 0 Å². The van der Waals surface area contributed by atoms with E-state index in [1.54, 1.807) is 0 Å². The Hall–Kier alpha value is -4.57. The number of aryl methyl sites for hydroxylation is 1. The van der Waals surface area contributed by atoms with Crippen LogP contribution in [0.15, 0.2) is 115 Å². The van der Waals surface area contributed by atoms with Crippen molar-refractivity contribution in [3.05, 3.63) is 132 Å². The zero-order chi connectivity index (χ0) is 24.7. The molecule has 0 aliphatic heterocycles. The predicted molar refractivity (Wildman–Crippen MR) is 145 cm³/mol. The van der Waals surface area contributed by atoms with Crippen LogP contribution in [0.3, 0.4) is 0 Å². The van der Waals surface area contributed by atoms with Gasteiger partial charge in [0.15, 0.2) is 0 Å². The van der Waals surface area contributed by atoms with Crippen molar-refractivity contribution in [2.45, 2.75) is 20.0 Å². The average Bonchev–Trinajstić information content (AvgIpc) is 2.90. The Kier molecular flexibility index (Phi) is 6.95. The molecule has 0 bridgehead atoms. The number of anilines is 1. The number of amides is 1. The molecular weight excluding hydrogens is 446 g/mol. The van der Waals surface area contributed by atoms with E-state index in [1.807, 2.05) is 110 Å². The van der Waals surface area contributed by atoms with E-state index in [1.165, 1.54) is 0 Å². The lowest BCUT2D eigenvalue weighted by Gasteiger charge is -2.10. The topological polar surface area (TPSA) is 47.6 Å². The van der Waals surface area contributed by atoms with Gasteiger partial charge in [-0.25, -0.2) is 0 Å². The van der Waals surface area contributed by atoms with Crippen LogP contribution in [0.5, 0.6) is 17.2 Å². The minimum absolute atomic E-state index is 0.0420. The number of rotatable bonds is 8. The first-order chi connectivity index (χ1) is 17.6. The monoisotopic (exact) mass is 473 g/mol. The van der Waals surface area contributed by atoms with Gasteiger partial charge in [-0.1, -0.05) is 72.8 Å². The summed E-state index contributed by atoms with van der Waals surface area (Å²) in [5.41, 5.74) is 3.95. The van der Waals surface area contributed by atoms with Crippen molar-refractivity contribution in [1.29, 1.82) is 0 Å². The summed E-state index contributed by atoms with van der Waals surface area (Å²) in [7, 11) is 0. The fraction of sp³-hybridized carbons (Fsp3) is 0.0938. The van der Waals surface area contributed by atoms with Gasteiger partial charge in [0.2, 0.25) is 5.91 Å². The van der Waals surface area contributed by atoms with E-state index in [0.717, 1.165) is 50.4 Å². The van der Waals surface area contributed by atoms with Crippen molar-refractivity contribution >= 4 is 22.4 Å². The molecule has 0 aliphatic carbocycles. The lowest BCUT2D eigenvalue weighted by atomic mass is 10.1. The van der Waals surface area contributed by atoms with Crippen LogP contribution in [0.2, 0.25) is 0 Å². The lowest BCUT2D eigenvalue weighted by molar-refractivity contribution is -0.115. The summed E-state index contributed by atoms with van der Waals surface area (Å²) in [6.07, 6.45) is 0.305. The van der Waals surface area contributed by atoms with E-state index in [-0.39, 0.29) is 5.91 Å². The molecule has 178 valence electrons. The highest BCUT2D eigenvalue weighted by atomic mass is 16.5. The molecule has 0 radical (unpaired) electrons. The summed E-state index contributed by atoms with van der Waals surface area (Å²) >= 11 is 0. The Morgan fingerprint density at radius 1 is 0.667 bits per heavy atom. The van der Waals surface area contributed by atoms with Gasteiger partial charge in [-0.3, -0.25) is 4.79 Å². The van der Waals surface area contributed by atoms with Gasteiger partial charge in [0.05, 0.1) is 6.42 Å². The molecule has 0 fully saturated rings. The van der Waals surface area contributed by atoms with Crippen LogP contribution < -0.4 is 14.8 Å². The number of fused-ring (bicyclic) bond motifs is 1. The zero-order valence-electron chi connectivity index (χ0n) is 20.1. The number of carbonyl (C=O) groups excluding carboxylic acids is 1. The maximum Gasteiger partial charge on any atom is 0.228 e. The highest BCUT2D eigenvalue weighted by Gasteiger charge is 2.07. The van der Waals surface area contributed by atoms with Gasteiger partial charge in [-0.15, -0.1) is 0 Å². The van der Waals surface area contributed by atoms with Crippen molar-refractivity contribution in [1.82, 2.24) is 0 Å². The lowest BCUT2D eigenvalue weighted by Crippen LogP contribution is -2.15. The van der Waals surface area contributed by atoms with Crippen LogP contribution in [0, 0.1) is 6.92 Å². The molecule has 0 atom stereocenters. The number of benzene rings is 5. The molecule has 4 nitrogen and oxygen atoms in total. The molecular formula is C32H27NO3. The van der Waals surface area contributed by atoms with Gasteiger partial charge in [0.25, 0.3) is 0 Å². The molecule has 36 heavy (non-hydrogen) atoms. The van der Waals surface area contributed by atoms with Crippen LogP contribution in [0.25, 0.3) is 10.8 Å². The Balaban J connectivity index is 1.19. The summed E-state index contributed by atoms with van der Waals surface area (Å²) in [5, 5.41) is 5.13. The van der Waals surface area contributed by atoms with Crippen LogP contribution in [0.4, 0.5) is 5.69 Å². The number of hydrogen-bond acceptors (Lipinski definition) is 3. The van der Waals surface area contributed by atoms with Crippen molar-refractivity contribution in [2.24, 2.45) is 0 Å². The number of para-hydroxylation sites is 1. The molecule has 1 N–H and O–H groups in total. The third-order valence-corrected chi connectivity index (χ3v) is 5.97. The van der Waals surface area contributed by atoms with Crippen molar-refractivity contribution in [3.8, 4) is 17.2 Å². The fourth-order valence-electron chi connectivity index (χ4n) is 4.00. The molecule has 0 saturated heterocycles. The maximum atomic E-state index is 12.4. The number of hydrogen-bond donors (Lipinski definition) is 1. The minimum atomic E-state index is -0.0420. The Morgan fingerprint density at radius 2 is 1.31 bits per heavy atom. The molecule has 4 heteroatoms. The first kappa shape index (κ1) is 23.2. The summed E-state index contributed by atoms with van der Waals surface area (Å²) in [6.45, 7) is 2.52. The van der Waals surface area contributed by atoms with E-state index in [2.05, 4.69) is 17.4 Å². The zero-order valence-corrected chi connectivity index (χ0v) is 20.1. The maximum absolute atomic E-state index is 12.4. The molecule has 0 aromatic heterocycles. The standard InChI is InChI=1S/C32H27NO3/c1-23-7-5-6-10-31(23)33-32(34)19-24-11-15-28(16-12-24)36-30-18-14-26-20-29(17-13-27(26)21-30)35-22-25-8-3-2-4-9-25/h2-18,20-21H,19,22H2,1H3,(H,33,34). The SMILES string of the molecule is Cc1ccccc1NC(=O)Cc1ccc(Oc2ccc3cc(OCc4ccccc4)ccc3c2)cc1. The molecule has 5 aromatic rings. The van der Waals surface area contributed by atoms with Crippen LogP contribution in [0.1, 0.15) is 16.7 Å². The molecule has 1 amide bonds. The van der Waals surface area contributed by atoms with E-state index in [0.29, 0.717) is 13.0 Å². The normalized spacial score (nSPS) is 10.7. The van der Waals surface area contributed by atoms with Gasteiger partial charge < -0.3 is 14.8 Å². The van der Waals surface area contributed by atoms with Crippen LogP contribution >= 0.6 is 0 Å². The van der Waals surface area contributed by atoms with Gasteiger partial charge in [-0.2, -0.15) is 0 Å². The molecule has 0 saturated carbocycles. The number of carbonyl (C=O) groups is 1. The van der Waals surface area contributed by atoms with E-state index in [9.17, 15) is 4.79 Å². The third kappa shape index (κ3) is 5.91. The highest BCUT2D eigenvalue weighted by molar-refractivity contribution is 5.93. The first-order valence-electron chi connectivity index (χ1n) is 12.0. The summed E-state index contributed by atoms with van der Waals surface area (Å²) in [6, 6.07) is 37.6. The smallest absolute Gasteiger partial charge is 0.228 e.